The molecule has 134 valence electrons. The molecule has 7 nitrogen and oxygen atoms in total. The number of sulfonamides is 1. The molecular formula is C18H18N4O3S. The lowest BCUT2D eigenvalue weighted by Gasteiger charge is -2.16. The molecule has 0 fully saturated rings. The molecule has 0 amide bonds. The Bertz CT molecular complexity index is 991. The van der Waals surface area contributed by atoms with Gasteiger partial charge in [-0.1, -0.05) is 23.8 Å². The molecule has 0 aliphatic carbocycles. The zero-order valence-electron chi connectivity index (χ0n) is 14.3. The van der Waals surface area contributed by atoms with Gasteiger partial charge in [-0.15, -0.1) is 0 Å². The van der Waals surface area contributed by atoms with Crippen molar-refractivity contribution in [3.8, 4) is 5.75 Å². The van der Waals surface area contributed by atoms with Crippen LogP contribution in [0.5, 0.6) is 5.75 Å². The predicted molar refractivity (Wildman–Crippen MR) is 100 cm³/mol. The molecule has 0 bridgehead atoms. The Balaban J connectivity index is 1.98. The molecule has 3 aromatic rings. The number of hydrogen-bond donors (Lipinski definition) is 2. The van der Waals surface area contributed by atoms with Gasteiger partial charge in [0.1, 0.15) is 11.4 Å². The number of para-hydroxylation sites is 1. The first-order chi connectivity index (χ1) is 12.5. The van der Waals surface area contributed by atoms with Crippen molar-refractivity contribution in [1.82, 2.24) is 9.97 Å². The quantitative estimate of drug-likeness (QED) is 0.691. The summed E-state index contributed by atoms with van der Waals surface area (Å²) in [7, 11) is -2.25. The van der Waals surface area contributed by atoms with E-state index in [2.05, 4.69) is 20.0 Å². The molecule has 2 N–H and O–H groups in total. The number of aryl methyl sites for hydroxylation is 1. The molecule has 0 radical (unpaired) electrons. The Labute approximate surface area is 152 Å². The van der Waals surface area contributed by atoms with E-state index in [9.17, 15) is 8.42 Å². The van der Waals surface area contributed by atoms with Gasteiger partial charge in [0, 0.05) is 12.4 Å². The van der Waals surface area contributed by atoms with E-state index in [0.29, 0.717) is 23.1 Å². The van der Waals surface area contributed by atoms with Crippen LogP contribution in [0.3, 0.4) is 0 Å². The molecular weight excluding hydrogens is 352 g/mol. The lowest BCUT2D eigenvalue weighted by molar-refractivity contribution is 0.417. The van der Waals surface area contributed by atoms with Gasteiger partial charge < -0.3 is 10.1 Å². The fraction of sp³-hybridized carbons (Fsp3) is 0.111. The van der Waals surface area contributed by atoms with Crippen LogP contribution in [-0.2, 0) is 10.0 Å². The highest BCUT2D eigenvalue weighted by Gasteiger charge is 2.18. The normalized spacial score (nSPS) is 11.0. The zero-order chi connectivity index (χ0) is 18.6. The number of nitrogens with one attached hydrogen (secondary N) is 2. The number of benzene rings is 2. The van der Waals surface area contributed by atoms with E-state index in [1.165, 1.54) is 7.11 Å². The highest BCUT2D eigenvalue weighted by molar-refractivity contribution is 7.92. The monoisotopic (exact) mass is 370 g/mol. The van der Waals surface area contributed by atoms with Gasteiger partial charge in [0.2, 0.25) is 5.95 Å². The van der Waals surface area contributed by atoms with E-state index in [4.69, 9.17) is 4.74 Å². The lowest BCUT2D eigenvalue weighted by atomic mass is 10.2. The summed E-state index contributed by atoms with van der Waals surface area (Å²) in [6.07, 6.45) is 3.17. The molecule has 26 heavy (non-hydrogen) atoms. The average molecular weight is 370 g/mol. The van der Waals surface area contributed by atoms with E-state index in [1.54, 1.807) is 60.9 Å². The minimum absolute atomic E-state index is 0.174. The molecule has 0 saturated carbocycles. The summed E-state index contributed by atoms with van der Waals surface area (Å²) in [6, 6.07) is 13.4. The molecule has 0 saturated heterocycles. The second-order valence-electron chi connectivity index (χ2n) is 5.50. The predicted octanol–water partition coefficient (Wildman–Crippen LogP) is 3.34. The Morgan fingerprint density at radius 1 is 0.962 bits per heavy atom. The van der Waals surface area contributed by atoms with E-state index in [-0.39, 0.29) is 4.90 Å². The van der Waals surface area contributed by atoms with Crippen molar-refractivity contribution >= 4 is 27.3 Å². The molecule has 0 atom stereocenters. The summed E-state index contributed by atoms with van der Waals surface area (Å²) in [5.41, 5.74) is 1.74. The fourth-order valence-electron chi connectivity index (χ4n) is 2.31. The molecule has 3 rings (SSSR count). The average Bonchev–Trinajstić information content (AvgIpc) is 2.64. The first-order valence-corrected chi connectivity index (χ1v) is 9.28. The fourth-order valence-corrected chi connectivity index (χ4v) is 3.38. The molecule has 8 heteroatoms. The van der Waals surface area contributed by atoms with Gasteiger partial charge in [0.15, 0.2) is 0 Å². The van der Waals surface area contributed by atoms with Gasteiger partial charge in [0.25, 0.3) is 10.0 Å². The number of nitrogens with zero attached hydrogens (tertiary/aromatic N) is 2. The highest BCUT2D eigenvalue weighted by atomic mass is 32.2. The number of ether oxygens (including phenoxy) is 1. The topological polar surface area (TPSA) is 93.2 Å². The minimum atomic E-state index is -3.76. The SMILES string of the molecule is COc1cccc(NS(=O)(=O)c2ccc(C)cc2)c1Nc1ncccn1. The van der Waals surface area contributed by atoms with Gasteiger partial charge in [-0.3, -0.25) is 4.72 Å². The van der Waals surface area contributed by atoms with Crippen molar-refractivity contribution in [2.75, 3.05) is 17.1 Å². The zero-order valence-corrected chi connectivity index (χ0v) is 15.1. The molecule has 0 aliphatic heterocycles. The van der Waals surface area contributed by atoms with Gasteiger partial charge in [-0.05, 0) is 37.3 Å². The van der Waals surface area contributed by atoms with E-state index in [1.807, 2.05) is 6.92 Å². The molecule has 1 heterocycles. The van der Waals surface area contributed by atoms with Crippen LogP contribution in [-0.4, -0.2) is 25.5 Å². The van der Waals surface area contributed by atoms with Gasteiger partial charge >= 0.3 is 0 Å². The third kappa shape index (κ3) is 3.92. The van der Waals surface area contributed by atoms with Crippen molar-refractivity contribution in [3.63, 3.8) is 0 Å². The second kappa shape index (κ2) is 7.40. The molecule has 0 unspecified atom stereocenters. The van der Waals surface area contributed by atoms with Crippen LogP contribution in [0.1, 0.15) is 5.56 Å². The van der Waals surface area contributed by atoms with Gasteiger partial charge in [-0.2, -0.15) is 0 Å². The summed E-state index contributed by atoms with van der Waals surface area (Å²) >= 11 is 0. The molecule has 1 aromatic heterocycles. The second-order valence-corrected chi connectivity index (χ2v) is 7.18. The van der Waals surface area contributed by atoms with Crippen molar-refractivity contribution in [2.24, 2.45) is 0 Å². The summed E-state index contributed by atoms with van der Waals surface area (Å²) in [5.74, 6) is 0.786. The summed E-state index contributed by atoms with van der Waals surface area (Å²) < 4.78 is 33.3. The van der Waals surface area contributed by atoms with Crippen LogP contribution >= 0.6 is 0 Å². The molecule has 0 spiro atoms. The maximum Gasteiger partial charge on any atom is 0.261 e. The van der Waals surface area contributed by atoms with Crippen molar-refractivity contribution in [3.05, 3.63) is 66.5 Å². The number of aromatic nitrogens is 2. The minimum Gasteiger partial charge on any atom is -0.494 e. The largest absolute Gasteiger partial charge is 0.494 e. The van der Waals surface area contributed by atoms with Crippen molar-refractivity contribution in [2.45, 2.75) is 11.8 Å². The number of methoxy groups -OCH3 is 1. The van der Waals surface area contributed by atoms with E-state index in [0.717, 1.165) is 5.56 Å². The van der Waals surface area contributed by atoms with Gasteiger partial charge in [0.05, 0.1) is 17.7 Å². The summed E-state index contributed by atoms with van der Waals surface area (Å²) in [4.78, 5) is 8.37. The van der Waals surface area contributed by atoms with Crippen LogP contribution < -0.4 is 14.8 Å². The Kier molecular flexibility index (Phi) is 5.04. The first-order valence-electron chi connectivity index (χ1n) is 7.80. The smallest absolute Gasteiger partial charge is 0.261 e. The van der Waals surface area contributed by atoms with Crippen molar-refractivity contribution in [1.29, 1.82) is 0 Å². The lowest BCUT2D eigenvalue weighted by Crippen LogP contribution is -2.14. The summed E-state index contributed by atoms with van der Waals surface area (Å²) in [5, 5.41) is 3.00. The number of rotatable bonds is 6. The Morgan fingerprint density at radius 3 is 2.31 bits per heavy atom. The third-order valence-electron chi connectivity index (χ3n) is 3.62. The number of anilines is 3. The highest BCUT2D eigenvalue weighted by Crippen LogP contribution is 2.35. The molecule has 2 aromatic carbocycles. The van der Waals surface area contributed by atoms with Gasteiger partial charge in [-0.25, -0.2) is 18.4 Å². The van der Waals surface area contributed by atoms with Crippen LogP contribution in [0.2, 0.25) is 0 Å². The number of hydrogen-bond acceptors (Lipinski definition) is 6. The Hall–Kier alpha value is -3.13. The maximum atomic E-state index is 12.7. The van der Waals surface area contributed by atoms with E-state index < -0.39 is 10.0 Å². The standard InChI is InChI=1S/C18H18N4O3S/c1-13-7-9-14(10-8-13)26(23,24)22-15-5-3-6-16(25-2)17(15)21-18-19-11-4-12-20-18/h3-12,22H,1-2H3,(H,19,20,21). The first kappa shape index (κ1) is 17.7. The van der Waals surface area contributed by atoms with Crippen molar-refractivity contribution < 1.29 is 13.2 Å². The Morgan fingerprint density at radius 2 is 1.65 bits per heavy atom. The maximum absolute atomic E-state index is 12.7. The van der Waals surface area contributed by atoms with Crippen LogP contribution in [0.4, 0.5) is 17.3 Å². The van der Waals surface area contributed by atoms with Crippen LogP contribution in [0.15, 0.2) is 65.8 Å². The summed E-state index contributed by atoms with van der Waals surface area (Å²) in [6.45, 7) is 1.90. The van der Waals surface area contributed by atoms with E-state index >= 15 is 0 Å². The molecule has 0 aliphatic rings. The third-order valence-corrected chi connectivity index (χ3v) is 5.01. The van der Waals surface area contributed by atoms with Crippen LogP contribution in [0, 0.1) is 6.92 Å². The van der Waals surface area contributed by atoms with Crippen LogP contribution in [0.25, 0.3) is 0 Å².